The molecule has 0 spiro atoms. The summed E-state index contributed by atoms with van der Waals surface area (Å²) in [6, 6.07) is 10.2. The quantitative estimate of drug-likeness (QED) is 0.134. The molecule has 1 heterocycles. The second-order valence-corrected chi connectivity index (χ2v) is 14.6. The smallest absolute Gasteiger partial charge is 0.216 e. The van der Waals surface area contributed by atoms with E-state index >= 15 is 0 Å². The molecule has 1 aromatic carbocycles. The van der Waals surface area contributed by atoms with E-state index in [1.54, 1.807) is 0 Å². The first-order chi connectivity index (χ1) is 15.5. The predicted octanol–water partition coefficient (Wildman–Crippen LogP) is 8.31. The largest absolute Gasteiger partial charge is 0.475 e. The van der Waals surface area contributed by atoms with Gasteiger partial charge in [0.25, 0.3) is 0 Å². The third-order valence-corrected chi connectivity index (χ3v) is 6.84. The number of allylic oxidation sites excluding steroid dienone is 1. The average molecular weight is 458 g/mol. The molecule has 0 N–H and O–H groups in total. The monoisotopic (exact) mass is 457 g/mol. The summed E-state index contributed by atoms with van der Waals surface area (Å²) in [4.78, 5) is 4.86. The minimum Gasteiger partial charge on any atom is -0.475 e. The first kappa shape index (κ1) is 26.9. The first-order valence-corrected chi connectivity index (χ1v) is 16.5. The predicted molar refractivity (Wildman–Crippen MR) is 141 cm³/mol. The summed E-state index contributed by atoms with van der Waals surface area (Å²) in [5.74, 6) is 0.749. The molecule has 0 bridgehead atoms. The van der Waals surface area contributed by atoms with E-state index in [1.807, 2.05) is 18.2 Å². The molecule has 0 amide bonds. The normalized spacial score (nSPS) is 17.5. The highest BCUT2D eigenvalue weighted by atomic mass is 28.4. The van der Waals surface area contributed by atoms with Gasteiger partial charge in [-0.1, -0.05) is 101 Å². The van der Waals surface area contributed by atoms with Crippen LogP contribution in [-0.2, 0) is 9.16 Å². The van der Waals surface area contributed by atoms with Gasteiger partial charge < -0.3 is 9.16 Å². The van der Waals surface area contributed by atoms with E-state index in [2.05, 4.69) is 50.8 Å². The van der Waals surface area contributed by atoms with E-state index in [-0.39, 0.29) is 12.1 Å². The lowest BCUT2D eigenvalue weighted by Crippen LogP contribution is -2.37. The van der Waals surface area contributed by atoms with Crippen molar-refractivity contribution >= 4 is 14.2 Å². The summed E-state index contributed by atoms with van der Waals surface area (Å²) in [6.45, 7) is 9.62. The Bertz CT molecular complexity index is 666. The Labute approximate surface area is 198 Å². The zero-order valence-electron chi connectivity index (χ0n) is 21.2. The van der Waals surface area contributed by atoms with Crippen LogP contribution in [0, 0.1) is 0 Å². The standard InChI is InChI=1S/C28H47NO2Si/c1-5-6-7-8-9-10-11-12-13-14-15-16-20-23-27(31-32(2,3)4)26-24-30-28(29-26)25-21-18-17-19-22-25/h17-23,26-27H,5-16,24H2,1-4H3/b23-20+/t26-,27+/m0/s1. The highest BCUT2D eigenvalue weighted by molar-refractivity contribution is 6.69. The Hall–Kier alpha value is -1.39. The summed E-state index contributed by atoms with van der Waals surface area (Å²) in [5.41, 5.74) is 1.05. The van der Waals surface area contributed by atoms with Crippen molar-refractivity contribution in [2.24, 2.45) is 4.99 Å². The maximum absolute atomic E-state index is 6.48. The number of rotatable bonds is 17. The van der Waals surface area contributed by atoms with Crippen LogP contribution in [0.5, 0.6) is 0 Å². The van der Waals surface area contributed by atoms with Crippen LogP contribution in [0.2, 0.25) is 19.6 Å². The molecule has 0 aliphatic carbocycles. The van der Waals surface area contributed by atoms with Crippen molar-refractivity contribution in [3.05, 3.63) is 48.0 Å². The van der Waals surface area contributed by atoms with Gasteiger partial charge in [-0.2, -0.15) is 0 Å². The Morgan fingerprint density at radius 2 is 1.53 bits per heavy atom. The molecule has 0 unspecified atom stereocenters. The molecule has 2 atom stereocenters. The van der Waals surface area contributed by atoms with Crippen LogP contribution in [0.15, 0.2) is 47.5 Å². The number of hydrogen-bond donors (Lipinski definition) is 0. The number of aliphatic imine (C=N–C) groups is 1. The molecule has 1 aromatic rings. The number of hydrogen-bond acceptors (Lipinski definition) is 3. The summed E-state index contributed by atoms with van der Waals surface area (Å²) in [7, 11) is -1.67. The number of unbranched alkanes of at least 4 members (excludes halogenated alkanes) is 11. The van der Waals surface area contributed by atoms with Gasteiger partial charge in [-0.05, 0) is 44.6 Å². The second kappa shape index (κ2) is 15.4. The Morgan fingerprint density at radius 3 is 2.12 bits per heavy atom. The number of nitrogens with zero attached hydrogens (tertiary/aromatic N) is 1. The van der Waals surface area contributed by atoms with Gasteiger partial charge in [-0.15, -0.1) is 0 Å². The van der Waals surface area contributed by atoms with E-state index < -0.39 is 8.32 Å². The molecule has 0 fully saturated rings. The molecule has 0 saturated carbocycles. The molecule has 2 rings (SSSR count). The van der Waals surface area contributed by atoms with Crippen molar-refractivity contribution in [2.75, 3.05) is 6.61 Å². The second-order valence-electron chi connectivity index (χ2n) is 10.1. The molecule has 4 heteroatoms. The van der Waals surface area contributed by atoms with Crippen LogP contribution in [0.3, 0.4) is 0 Å². The first-order valence-electron chi connectivity index (χ1n) is 13.1. The van der Waals surface area contributed by atoms with Gasteiger partial charge in [-0.25, -0.2) is 4.99 Å². The molecule has 32 heavy (non-hydrogen) atoms. The minimum atomic E-state index is -1.67. The van der Waals surface area contributed by atoms with Crippen molar-refractivity contribution < 1.29 is 9.16 Å². The Morgan fingerprint density at radius 1 is 0.938 bits per heavy atom. The minimum absolute atomic E-state index is 0.00980. The van der Waals surface area contributed by atoms with Crippen LogP contribution >= 0.6 is 0 Å². The summed E-state index contributed by atoms with van der Waals surface area (Å²) in [5, 5.41) is 0. The van der Waals surface area contributed by atoms with Gasteiger partial charge in [0, 0.05) is 5.56 Å². The SMILES string of the molecule is CCCCCCCCCCCCC/C=C/[C@@H](O[Si](C)(C)C)[C@@H]1COC(c2ccccc2)=N1. The van der Waals surface area contributed by atoms with Crippen molar-refractivity contribution in [1.29, 1.82) is 0 Å². The van der Waals surface area contributed by atoms with E-state index in [0.717, 1.165) is 17.9 Å². The fourth-order valence-corrected chi connectivity index (χ4v) is 5.16. The Balaban J connectivity index is 1.68. The third kappa shape index (κ3) is 11.5. The molecule has 0 radical (unpaired) electrons. The van der Waals surface area contributed by atoms with Crippen LogP contribution in [0.1, 0.15) is 89.5 Å². The van der Waals surface area contributed by atoms with E-state index in [4.69, 9.17) is 14.2 Å². The molecule has 0 aromatic heterocycles. The lowest BCUT2D eigenvalue weighted by atomic mass is 10.0. The van der Waals surface area contributed by atoms with Crippen molar-refractivity contribution in [3.63, 3.8) is 0 Å². The molecule has 3 nitrogen and oxygen atoms in total. The van der Waals surface area contributed by atoms with Gasteiger partial charge >= 0.3 is 0 Å². The van der Waals surface area contributed by atoms with E-state index in [0.29, 0.717) is 6.61 Å². The number of benzene rings is 1. The molecule has 180 valence electrons. The van der Waals surface area contributed by atoms with Crippen molar-refractivity contribution in [3.8, 4) is 0 Å². The summed E-state index contributed by atoms with van der Waals surface area (Å²) >= 11 is 0. The fourth-order valence-electron chi connectivity index (χ4n) is 4.11. The molecular formula is C28H47NO2Si. The maximum Gasteiger partial charge on any atom is 0.216 e. The lowest BCUT2D eigenvalue weighted by Gasteiger charge is -2.26. The van der Waals surface area contributed by atoms with Crippen LogP contribution in [0.25, 0.3) is 0 Å². The Kier molecular flexibility index (Phi) is 13.0. The summed E-state index contributed by atoms with van der Waals surface area (Å²) < 4.78 is 12.4. The molecule has 1 aliphatic rings. The van der Waals surface area contributed by atoms with Crippen LogP contribution in [-0.4, -0.2) is 33.0 Å². The zero-order valence-corrected chi connectivity index (χ0v) is 22.2. The van der Waals surface area contributed by atoms with Gasteiger partial charge in [0.15, 0.2) is 8.32 Å². The van der Waals surface area contributed by atoms with Crippen LogP contribution < -0.4 is 0 Å². The number of ether oxygens (including phenoxy) is 1. The maximum atomic E-state index is 6.48. The molecular weight excluding hydrogens is 410 g/mol. The third-order valence-electron chi connectivity index (χ3n) is 5.86. The highest BCUT2D eigenvalue weighted by Crippen LogP contribution is 2.21. The van der Waals surface area contributed by atoms with Crippen molar-refractivity contribution in [2.45, 2.75) is 116 Å². The zero-order chi connectivity index (χ0) is 23.1. The average Bonchev–Trinajstić information content (AvgIpc) is 3.26. The molecule has 0 saturated heterocycles. The van der Waals surface area contributed by atoms with Crippen LogP contribution in [0.4, 0.5) is 0 Å². The lowest BCUT2D eigenvalue weighted by molar-refractivity contribution is 0.183. The summed E-state index contributed by atoms with van der Waals surface area (Å²) in [6.07, 6.45) is 21.0. The fraction of sp³-hybridized carbons (Fsp3) is 0.679. The highest BCUT2D eigenvalue weighted by Gasteiger charge is 2.30. The van der Waals surface area contributed by atoms with Crippen molar-refractivity contribution in [1.82, 2.24) is 0 Å². The van der Waals surface area contributed by atoms with Gasteiger partial charge in [-0.3, -0.25) is 0 Å². The van der Waals surface area contributed by atoms with Gasteiger partial charge in [0.2, 0.25) is 5.90 Å². The van der Waals surface area contributed by atoms with Gasteiger partial charge in [0.1, 0.15) is 12.6 Å². The molecule has 1 aliphatic heterocycles. The van der Waals surface area contributed by atoms with E-state index in [1.165, 1.54) is 70.6 Å². The topological polar surface area (TPSA) is 30.8 Å². The van der Waals surface area contributed by atoms with E-state index in [9.17, 15) is 0 Å². The van der Waals surface area contributed by atoms with Gasteiger partial charge in [0.05, 0.1) is 6.10 Å².